The van der Waals surface area contributed by atoms with Gasteiger partial charge in [-0.25, -0.2) is 4.58 Å². The number of hydrogen-bond donors (Lipinski definition) is 2. The van der Waals surface area contributed by atoms with Gasteiger partial charge >= 0.3 is 0 Å². The lowest BCUT2D eigenvalue weighted by molar-refractivity contribution is -0.606. The zero-order valence-electron chi connectivity index (χ0n) is 19.3. The van der Waals surface area contributed by atoms with Gasteiger partial charge in [0.05, 0.1) is 16.6 Å². The molecule has 1 spiro atoms. The van der Waals surface area contributed by atoms with Gasteiger partial charge in [0.1, 0.15) is 18.4 Å². The summed E-state index contributed by atoms with van der Waals surface area (Å²) in [5.74, 6) is 0.797. The largest absolute Gasteiger partial charge is 0.504 e. The molecule has 1 aromatic heterocycles. The number of allylic oxidation sites excluding steroid dienone is 1. The van der Waals surface area contributed by atoms with Gasteiger partial charge in [-0.2, -0.15) is 0 Å². The molecule has 4 atom stereocenters. The summed E-state index contributed by atoms with van der Waals surface area (Å²) in [7, 11) is 0. The van der Waals surface area contributed by atoms with Crippen LogP contribution in [0.4, 0.5) is 0 Å². The summed E-state index contributed by atoms with van der Waals surface area (Å²) in [4.78, 5) is 0. The molecular weight excluding hydrogens is 424 g/mol. The van der Waals surface area contributed by atoms with Crippen molar-refractivity contribution < 1.29 is 19.5 Å². The number of para-hydroxylation sites is 1. The SMILES string of the molecule is C=CCC=[N+]1CC[C@]23c4c5ccc(O)c4O[C@H]2c2c(c4cccc6c4n2CCC6)C[C@@]3(O)[C@H]1C5. The molecule has 0 unspecified atom stereocenters. The molecule has 34 heavy (non-hydrogen) atoms. The summed E-state index contributed by atoms with van der Waals surface area (Å²) in [5.41, 5.74) is 5.96. The minimum absolute atomic E-state index is 0.0323. The third-order valence-electron chi connectivity index (χ3n) is 9.60. The van der Waals surface area contributed by atoms with Gasteiger partial charge in [-0.05, 0) is 35.6 Å². The summed E-state index contributed by atoms with van der Waals surface area (Å²) in [6.45, 7) is 5.76. The number of phenols is 1. The molecular formula is C29H29N2O3+. The van der Waals surface area contributed by atoms with Crippen molar-refractivity contribution in [2.24, 2.45) is 0 Å². The van der Waals surface area contributed by atoms with Gasteiger partial charge < -0.3 is 19.5 Å². The fourth-order valence-electron chi connectivity index (χ4n) is 8.37. The topological polar surface area (TPSA) is 57.6 Å². The van der Waals surface area contributed by atoms with E-state index in [0.29, 0.717) is 12.2 Å². The van der Waals surface area contributed by atoms with Crippen LogP contribution in [0.3, 0.4) is 0 Å². The highest BCUT2D eigenvalue weighted by atomic mass is 16.5. The quantitative estimate of drug-likeness (QED) is 0.457. The molecule has 5 nitrogen and oxygen atoms in total. The predicted octanol–water partition coefficient (Wildman–Crippen LogP) is 3.94. The Morgan fingerprint density at radius 2 is 2.15 bits per heavy atom. The van der Waals surface area contributed by atoms with Crippen LogP contribution in [0.15, 0.2) is 43.0 Å². The van der Waals surface area contributed by atoms with Gasteiger partial charge in [-0.15, -0.1) is 6.58 Å². The highest BCUT2D eigenvalue weighted by molar-refractivity contribution is 5.90. The number of aromatic hydroxyl groups is 1. The Bertz CT molecular complexity index is 1470. The van der Waals surface area contributed by atoms with E-state index < -0.39 is 11.0 Å². The fraction of sp³-hybridized carbons (Fsp3) is 0.414. The highest BCUT2D eigenvalue weighted by Crippen LogP contribution is 2.69. The van der Waals surface area contributed by atoms with E-state index in [1.165, 1.54) is 33.3 Å². The van der Waals surface area contributed by atoms with E-state index in [4.69, 9.17) is 4.74 Å². The molecule has 3 aromatic rings. The second kappa shape index (κ2) is 6.14. The molecule has 5 heteroatoms. The minimum Gasteiger partial charge on any atom is -0.504 e. The van der Waals surface area contributed by atoms with Crippen molar-refractivity contribution in [3.05, 3.63) is 70.9 Å². The smallest absolute Gasteiger partial charge is 0.186 e. The van der Waals surface area contributed by atoms with Crippen LogP contribution in [-0.4, -0.2) is 43.8 Å². The Morgan fingerprint density at radius 1 is 1.24 bits per heavy atom. The number of nitrogens with zero attached hydrogens (tertiary/aromatic N) is 2. The van der Waals surface area contributed by atoms with Crippen LogP contribution in [0, 0.1) is 0 Å². The number of piperidine rings is 1. The number of fused-ring (bicyclic) bond motifs is 4. The van der Waals surface area contributed by atoms with E-state index in [2.05, 4.69) is 46.2 Å². The van der Waals surface area contributed by atoms with Crippen LogP contribution < -0.4 is 4.74 Å². The lowest BCUT2D eigenvalue weighted by Gasteiger charge is -2.57. The van der Waals surface area contributed by atoms with E-state index >= 15 is 0 Å². The third-order valence-corrected chi connectivity index (χ3v) is 9.60. The number of phenolic OH excluding ortho intramolecular Hbond substituents is 1. The molecule has 1 fully saturated rings. The molecule has 0 saturated carbocycles. The Morgan fingerprint density at radius 3 is 3.03 bits per heavy atom. The number of ether oxygens (including phenoxy) is 1. The van der Waals surface area contributed by atoms with Crippen molar-refractivity contribution in [3.63, 3.8) is 0 Å². The second-order valence-corrected chi connectivity index (χ2v) is 10.9. The van der Waals surface area contributed by atoms with Crippen molar-refractivity contribution in [2.45, 2.75) is 68.2 Å². The summed E-state index contributed by atoms with van der Waals surface area (Å²) in [6, 6.07) is 10.4. The summed E-state index contributed by atoms with van der Waals surface area (Å²) < 4.78 is 11.6. The molecule has 0 radical (unpaired) electrons. The molecule has 2 aliphatic carbocycles. The first-order valence-electron chi connectivity index (χ1n) is 12.7. The Labute approximate surface area is 198 Å². The molecule has 8 rings (SSSR count). The maximum atomic E-state index is 12.9. The first kappa shape index (κ1) is 19.3. The molecule has 4 heterocycles. The highest BCUT2D eigenvalue weighted by Gasteiger charge is 2.75. The van der Waals surface area contributed by atoms with Gasteiger partial charge in [0.25, 0.3) is 0 Å². The van der Waals surface area contributed by atoms with E-state index in [9.17, 15) is 10.2 Å². The zero-order valence-corrected chi connectivity index (χ0v) is 19.3. The summed E-state index contributed by atoms with van der Waals surface area (Å²) in [6.07, 6.45) is 9.03. The first-order chi connectivity index (χ1) is 16.6. The summed E-state index contributed by atoms with van der Waals surface area (Å²) >= 11 is 0. The first-order valence-corrected chi connectivity index (χ1v) is 12.7. The van der Waals surface area contributed by atoms with Gasteiger partial charge in [-0.1, -0.05) is 30.3 Å². The van der Waals surface area contributed by atoms with E-state index in [1.54, 1.807) is 6.07 Å². The maximum absolute atomic E-state index is 12.9. The van der Waals surface area contributed by atoms with Crippen LogP contribution in [0.2, 0.25) is 0 Å². The average Bonchev–Trinajstić information content (AvgIpc) is 3.34. The van der Waals surface area contributed by atoms with Crippen molar-refractivity contribution in [1.82, 2.24) is 4.57 Å². The van der Waals surface area contributed by atoms with Crippen LogP contribution >= 0.6 is 0 Å². The lowest BCUT2D eigenvalue weighted by atomic mass is 9.49. The number of aliphatic hydroxyl groups is 1. The number of hydrogen-bond acceptors (Lipinski definition) is 3. The van der Waals surface area contributed by atoms with Crippen molar-refractivity contribution in [2.75, 3.05) is 6.54 Å². The van der Waals surface area contributed by atoms with E-state index in [1.807, 2.05) is 6.08 Å². The molecule has 2 N–H and O–H groups in total. The van der Waals surface area contributed by atoms with Crippen molar-refractivity contribution >= 4 is 17.1 Å². The van der Waals surface area contributed by atoms with Crippen molar-refractivity contribution in [3.8, 4) is 11.5 Å². The van der Waals surface area contributed by atoms with Crippen molar-refractivity contribution in [1.29, 1.82) is 0 Å². The van der Waals surface area contributed by atoms with Crippen LogP contribution in [0.5, 0.6) is 11.5 Å². The third kappa shape index (κ3) is 1.94. The van der Waals surface area contributed by atoms with Gasteiger partial charge in [-0.3, -0.25) is 0 Å². The predicted molar refractivity (Wildman–Crippen MR) is 130 cm³/mol. The summed E-state index contributed by atoms with van der Waals surface area (Å²) in [5, 5.41) is 25.0. The fourth-order valence-corrected chi connectivity index (χ4v) is 8.37. The van der Waals surface area contributed by atoms with Crippen LogP contribution in [-0.2, 0) is 31.2 Å². The van der Waals surface area contributed by atoms with Gasteiger partial charge in [0.15, 0.2) is 23.6 Å². The molecule has 3 aliphatic heterocycles. The van der Waals surface area contributed by atoms with Crippen LogP contribution in [0.1, 0.15) is 53.3 Å². The van der Waals surface area contributed by atoms with Gasteiger partial charge in [0.2, 0.25) is 0 Å². The molecule has 2 aromatic carbocycles. The molecule has 1 saturated heterocycles. The second-order valence-electron chi connectivity index (χ2n) is 10.9. The normalized spacial score (nSPS) is 32.9. The molecule has 5 aliphatic rings. The zero-order chi connectivity index (χ0) is 22.8. The Balaban J connectivity index is 1.48. The molecule has 0 amide bonds. The Kier molecular flexibility index (Phi) is 3.48. The lowest BCUT2D eigenvalue weighted by Crippen LogP contribution is -2.73. The number of rotatable bonds is 2. The number of aryl methyl sites for hydroxylation is 2. The monoisotopic (exact) mass is 453 g/mol. The van der Waals surface area contributed by atoms with Crippen LogP contribution in [0.25, 0.3) is 10.9 Å². The maximum Gasteiger partial charge on any atom is 0.186 e. The molecule has 172 valence electrons. The Hall–Kier alpha value is -3.05. The van der Waals surface area contributed by atoms with E-state index in [-0.39, 0.29) is 17.9 Å². The standard InChI is InChI=1S/C29H28N2O3/c1-2-3-12-30-14-11-28-23-18-9-10-21(32)26(23)34-27(28)25-20(16-29(28,33)22(30)15-18)19-8-4-6-17-7-5-13-31(25)24(17)19/h2,4,6,8-10,12,22,27,33H,1,3,5,7,11,13-16H2/p+1/t22-,27+,28+,29-/m1/s1. The number of benzene rings is 2. The van der Waals surface area contributed by atoms with Gasteiger partial charge in [0, 0.05) is 43.2 Å². The van der Waals surface area contributed by atoms with E-state index in [0.717, 1.165) is 50.8 Å². The molecule has 2 bridgehead atoms. The number of aromatic nitrogens is 1. The average molecular weight is 454 g/mol. The minimum atomic E-state index is -0.976.